The Kier molecular flexibility index (Phi) is 5.63. The fraction of sp³-hybridized carbons (Fsp3) is 0.480. The lowest BCUT2D eigenvalue weighted by molar-refractivity contribution is 0.0451. The molecule has 0 aromatic carbocycles. The average molecular weight is 477 g/mol. The molecule has 2 atom stereocenters. The average Bonchev–Trinajstić information content (AvgIpc) is 3.18. The molecule has 2 unspecified atom stereocenters. The Morgan fingerprint density at radius 2 is 1.94 bits per heavy atom. The van der Waals surface area contributed by atoms with Crippen LogP contribution in [0.2, 0.25) is 19.6 Å². The summed E-state index contributed by atoms with van der Waals surface area (Å²) in [6.07, 6.45) is 6.56. The third-order valence-electron chi connectivity index (χ3n) is 6.18. The van der Waals surface area contributed by atoms with E-state index in [1.165, 1.54) is 6.42 Å². The molecule has 3 aromatic rings. The van der Waals surface area contributed by atoms with Crippen LogP contribution in [0.4, 0.5) is 5.82 Å². The van der Waals surface area contributed by atoms with Gasteiger partial charge in [-0.3, -0.25) is 0 Å². The summed E-state index contributed by atoms with van der Waals surface area (Å²) in [4.78, 5) is 7.11. The third-order valence-corrected chi connectivity index (χ3v) is 7.35. The van der Waals surface area contributed by atoms with Crippen LogP contribution in [0.5, 0.6) is 5.75 Å². The molecule has 0 spiro atoms. The highest BCUT2D eigenvalue weighted by Crippen LogP contribution is 2.33. The first-order chi connectivity index (χ1) is 16.1. The van der Waals surface area contributed by atoms with Crippen LogP contribution in [0.25, 0.3) is 16.6 Å². The highest BCUT2D eigenvalue weighted by atomic mass is 28.4. The molecular formula is C25H32N6O2Si. The number of piperidine rings is 1. The van der Waals surface area contributed by atoms with Gasteiger partial charge in [-0.15, -0.1) is 0 Å². The molecule has 8 nitrogen and oxygen atoms in total. The summed E-state index contributed by atoms with van der Waals surface area (Å²) in [5.74, 6) is 1.66. The second-order valence-corrected chi connectivity index (χ2v) is 15.4. The van der Waals surface area contributed by atoms with Gasteiger partial charge in [-0.25, -0.2) is 9.50 Å². The molecule has 0 aliphatic carbocycles. The zero-order valence-electron chi connectivity index (χ0n) is 20.5. The van der Waals surface area contributed by atoms with Gasteiger partial charge < -0.3 is 19.4 Å². The normalized spacial score (nSPS) is 20.2. The van der Waals surface area contributed by atoms with Crippen molar-refractivity contribution in [3.8, 4) is 22.9 Å². The second kappa shape index (κ2) is 8.38. The first kappa shape index (κ1) is 22.8. The minimum Gasteiger partial charge on any atom is -0.489 e. The first-order valence-corrected chi connectivity index (χ1v) is 15.2. The molecule has 3 fully saturated rings. The van der Waals surface area contributed by atoms with Gasteiger partial charge in [0, 0.05) is 42.5 Å². The summed E-state index contributed by atoms with van der Waals surface area (Å²) in [5, 5.41) is 17.6. The summed E-state index contributed by atoms with van der Waals surface area (Å²) in [6.45, 7) is 13.0. The van der Waals surface area contributed by atoms with Gasteiger partial charge in [0.2, 0.25) is 0 Å². The van der Waals surface area contributed by atoms with Crippen molar-refractivity contribution in [2.24, 2.45) is 0 Å². The maximum absolute atomic E-state index is 9.65. The Balaban J connectivity index is 1.44. The molecule has 3 aromatic heterocycles. The number of anilines is 1. The lowest BCUT2D eigenvalue weighted by atomic mass is 9.91. The molecule has 0 amide bonds. The molecule has 0 saturated carbocycles. The van der Waals surface area contributed by atoms with E-state index in [-0.39, 0.29) is 0 Å². The summed E-state index contributed by atoms with van der Waals surface area (Å²) in [5.41, 5.74) is 2.67. The van der Waals surface area contributed by atoms with Gasteiger partial charge in [-0.05, 0) is 58.1 Å². The number of piperazine rings is 1. The summed E-state index contributed by atoms with van der Waals surface area (Å²) >= 11 is 0. The van der Waals surface area contributed by atoms with Gasteiger partial charge in [0.25, 0.3) is 0 Å². The van der Waals surface area contributed by atoms with E-state index >= 15 is 0 Å². The Hall–Kier alpha value is -2.93. The highest BCUT2D eigenvalue weighted by molar-refractivity contribution is 6.69. The standard InChI is InChI=1S/C25H32N6O2Si/c1-25(2,33-34(3,4)5)16-32-21-9-22(24-18(10-26)12-28-31(24)15-21)17-6-7-23(27-11-17)30-13-19-8-20(14-30)29-19/h6-7,9,11-12,15,19-20,29H,8,13-14,16H2,1-5H3. The van der Waals surface area contributed by atoms with Crippen molar-refractivity contribution in [3.63, 3.8) is 0 Å². The van der Waals surface area contributed by atoms with Crippen molar-refractivity contribution >= 4 is 19.7 Å². The van der Waals surface area contributed by atoms with Crippen LogP contribution < -0.4 is 15.0 Å². The smallest absolute Gasteiger partial charge is 0.184 e. The highest BCUT2D eigenvalue weighted by Gasteiger charge is 2.36. The van der Waals surface area contributed by atoms with E-state index in [1.54, 1.807) is 10.7 Å². The van der Waals surface area contributed by atoms with Crippen molar-refractivity contribution in [1.82, 2.24) is 19.9 Å². The number of nitrogens with zero attached hydrogens (tertiary/aromatic N) is 5. The maximum Gasteiger partial charge on any atom is 0.184 e. The van der Waals surface area contributed by atoms with Gasteiger partial charge in [-0.2, -0.15) is 10.4 Å². The zero-order chi connectivity index (χ0) is 24.1. The lowest BCUT2D eigenvalue weighted by Gasteiger charge is -2.48. The second-order valence-electron chi connectivity index (χ2n) is 10.9. The lowest BCUT2D eigenvalue weighted by Crippen LogP contribution is -2.67. The van der Waals surface area contributed by atoms with Crippen LogP contribution in [0.1, 0.15) is 25.8 Å². The molecule has 3 aliphatic rings. The van der Waals surface area contributed by atoms with Gasteiger partial charge >= 0.3 is 0 Å². The number of aromatic nitrogens is 3. The van der Waals surface area contributed by atoms with E-state index in [0.717, 1.165) is 35.6 Å². The minimum absolute atomic E-state index is 0.408. The Labute approximate surface area is 201 Å². The predicted molar refractivity (Wildman–Crippen MR) is 135 cm³/mol. The van der Waals surface area contributed by atoms with E-state index in [9.17, 15) is 5.26 Å². The Morgan fingerprint density at radius 1 is 1.21 bits per heavy atom. The SMILES string of the molecule is CC(C)(COc1cc(-c2ccc(N3CC4CC(C3)N4)nc2)c2c(C#N)cnn2c1)O[Si](C)(C)C. The molecular weight excluding hydrogens is 444 g/mol. The van der Waals surface area contributed by atoms with Crippen LogP contribution in [0.3, 0.4) is 0 Å². The number of fused-ring (bicyclic) bond motifs is 3. The van der Waals surface area contributed by atoms with Crippen LogP contribution in [0, 0.1) is 11.3 Å². The number of pyridine rings is 2. The van der Waals surface area contributed by atoms with Crippen molar-refractivity contribution < 1.29 is 9.16 Å². The molecule has 3 aliphatic heterocycles. The minimum atomic E-state index is -1.71. The van der Waals surface area contributed by atoms with E-state index in [4.69, 9.17) is 14.1 Å². The number of hydrogen-bond donors (Lipinski definition) is 1. The fourth-order valence-corrected chi connectivity index (χ4v) is 6.74. The summed E-state index contributed by atoms with van der Waals surface area (Å²) < 4.78 is 14.2. The topological polar surface area (TPSA) is 87.7 Å². The molecule has 6 heterocycles. The zero-order valence-corrected chi connectivity index (χ0v) is 21.5. The van der Waals surface area contributed by atoms with Crippen LogP contribution in [-0.4, -0.2) is 60.3 Å². The van der Waals surface area contributed by atoms with Crippen molar-refractivity contribution in [2.45, 2.75) is 57.6 Å². The molecule has 178 valence electrons. The maximum atomic E-state index is 9.65. The fourth-order valence-electron chi connectivity index (χ4n) is 5.03. The van der Waals surface area contributed by atoms with Gasteiger partial charge in [-0.1, -0.05) is 0 Å². The number of hydrogen-bond acceptors (Lipinski definition) is 7. The summed E-state index contributed by atoms with van der Waals surface area (Å²) in [6, 6.07) is 9.52. The summed E-state index contributed by atoms with van der Waals surface area (Å²) in [7, 11) is -1.71. The molecule has 9 heteroatoms. The Morgan fingerprint density at radius 3 is 2.56 bits per heavy atom. The first-order valence-electron chi connectivity index (χ1n) is 11.8. The predicted octanol–water partition coefficient (Wildman–Crippen LogP) is 3.83. The van der Waals surface area contributed by atoms with E-state index in [0.29, 0.717) is 30.0 Å². The third kappa shape index (κ3) is 4.66. The molecule has 6 rings (SSSR count). The number of ether oxygens (including phenoxy) is 1. The molecule has 1 N–H and O–H groups in total. The molecule has 3 saturated heterocycles. The van der Waals surface area contributed by atoms with Gasteiger partial charge in [0.05, 0.1) is 29.1 Å². The molecule has 2 bridgehead atoms. The number of rotatable bonds is 7. The van der Waals surface area contributed by atoms with E-state index < -0.39 is 13.9 Å². The largest absolute Gasteiger partial charge is 0.489 e. The molecule has 34 heavy (non-hydrogen) atoms. The monoisotopic (exact) mass is 476 g/mol. The van der Waals surface area contributed by atoms with E-state index in [1.807, 2.05) is 18.5 Å². The number of nitrogens with one attached hydrogen (secondary N) is 1. The van der Waals surface area contributed by atoms with Crippen LogP contribution in [-0.2, 0) is 4.43 Å². The van der Waals surface area contributed by atoms with Crippen LogP contribution >= 0.6 is 0 Å². The molecule has 0 radical (unpaired) electrons. The van der Waals surface area contributed by atoms with Gasteiger partial charge in [0.1, 0.15) is 24.2 Å². The number of nitriles is 1. The Bertz CT molecular complexity index is 1230. The quantitative estimate of drug-likeness (QED) is 0.519. The van der Waals surface area contributed by atoms with Crippen LogP contribution in [0.15, 0.2) is 36.8 Å². The van der Waals surface area contributed by atoms with Crippen molar-refractivity contribution in [3.05, 3.63) is 42.4 Å². The van der Waals surface area contributed by atoms with E-state index in [2.05, 4.69) is 67.0 Å². The van der Waals surface area contributed by atoms with Gasteiger partial charge in [0.15, 0.2) is 8.32 Å². The van der Waals surface area contributed by atoms with Crippen molar-refractivity contribution in [1.29, 1.82) is 5.26 Å². The van der Waals surface area contributed by atoms with Crippen molar-refractivity contribution in [2.75, 3.05) is 24.6 Å².